The highest BCUT2D eigenvalue weighted by molar-refractivity contribution is 7.89. The molecule has 1 aliphatic rings. The Morgan fingerprint density at radius 2 is 1.78 bits per heavy atom. The smallest absolute Gasteiger partial charge is 0.267 e. The van der Waals surface area contributed by atoms with Crippen LogP contribution in [0, 0.1) is 0 Å². The molecule has 0 saturated heterocycles. The number of hydrogen-bond donors (Lipinski definition) is 2. The lowest BCUT2D eigenvalue weighted by Crippen LogP contribution is -2.36. The van der Waals surface area contributed by atoms with Crippen LogP contribution in [0.3, 0.4) is 0 Å². The fourth-order valence-electron chi connectivity index (χ4n) is 4.65. The molecule has 36 heavy (non-hydrogen) atoms. The van der Waals surface area contributed by atoms with E-state index in [9.17, 15) is 13.2 Å². The van der Waals surface area contributed by atoms with Crippen molar-refractivity contribution in [3.8, 4) is 22.7 Å². The lowest BCUT2D eigenvalue weighted by Gasteiger charge is -2.23. The maximum absolute atomic E-state index is 13.4. The first-order valence-corrected chi connectivity index (χ1v) is 13.3. The number of rotatable bonds is 6. The molecule has 0 radical (unpaired) electrons. The van der Waals surface area contributed by atoms with Gasteiger partial charge in [-0.05, 0) is 48.7 Å². The highest BCUT2D eigenvalue weighted by atomic mass is 32.2. The largest absolute Gasteiger partial charge is 0.480 e. The van der Waals surface area contributed by atoms with E-state index in [1.807, 2.05) is 18.2 Å². The quantitative estimate of drug-likeness (QED) is 0.409. The van der Waals surface area contributed by atoms with Gasteiger partial charge in [0, 0.05) is 17.8 Å². The molecule has 1 fully saturated rings. The number of fused-ring (bicyclic) bond motifs is 1. The van der Waals surface area contributed by atoms with Crippen LogP contribution in [0.2, 0.25) is 0 Å². The third-order valence-corrected chi connectivity index (χ3v) is 7.99. The molecule has 3 N–H and O–H groups in total. The Morgan fingerprint density at radius 3 is 2.50 bits per heavy atom. The van der Waals surface area contributed by atoms with Gasteiger partial charge < -0.3 is 10.5 Å². The van der Waals surface area contributed by atoms with Crippen molar-refractivity contribution in [1.29, 1.82) is 0 Å². The summed E-state index contributed by atoms with van der Waals surface area (Å²) in [6.45, 7) is 0. The normalized spacial score (nSPS) is 14.7. The second-order valence-corrected chi connectivity index (χ2v) is 10.5. The fourth-order valence-corrected chi connectivity index (χ4v) is 6.10. The third kappa shape index (κ3) is 4.57. The van der Waals surface area contributed by atoms with Gasteiger partial charge in [-0.2, -0.15) is 0 Å². The van der Waals surface area contributed by atoms with Crippen molar-refractivity contribution < 1.29 is 13.2 Å². The third-order valence-electron chi connectivity index (χ3n) is 6.47. The first-order chi connectivity index (χ1) is 17.4. The maximum Gasteiger partial charge on any atom is 0.267 e. The molecule has 5 rings (SSSR count). The summed E-state index contributed by atoms with van der Waals surface area (Å²) in [5, 5.41) is 0.353. The molecule has 0 unspecified atom stereocenters. The Morgan fingerprint density at radius 1 is 1.03 bits per heavy atom. The summed E-state index contributed by atoms with van der Waals surface area (Å²) in [6, 6.07) is 15.6. The van der Waals surface area contributed by atoms with Crippen molar-refractivity contribution in [1.82, 2.24) is 19.3 Å². The number of nitrogens with two attached hydrogens (primary N) is 1. The van der Waals surface area contributed by atoms with E-state index in [2.05, 4.69) is 14.7 Å². The second kappa shape index (κ2) is 9.71. The van der Waals surface area contributed by atoms with Gasteiger partial charge in [0.2, 0.25) is 21.9 Å². The lowest BCUT2D eigenvalue weighted by atomic mass is 9.96. The highest BCUT2D eigenvalue weighted by Crippen LogP contribution is 2.30. The maximum atomic E-state index is 13.4. The van der Waals surface area contributed by atoms with E-state index in [0.29, 0.717) is 27.7 Å². The van der Waals surface area contributed by atoms with Gasteiger partial charge in [-0.3, -0.25) is 4.79 Å². The van der Waals surface area contributed by atoms with Crippen LogP contribution in [0.1, 0.15) is 32.1 Å². The zero-order valence-corrected chi connectivity index (χ0v) is 20.7. The van der Waals surface area contributed by atoms with E-state index in [4.69, 9.17) is 10.5 Å². The molecule has 0 aliphatic heterocycles. The van der Waals surface area contributed by atoms with E-state index in [0.717, 1.165) is 32.1 Å². The lowest BCUT2D eigenvalue weighted by molar-refractivity contribution is 0.382. The van der Waals surface area contributed by atoms with E-state index in [1.165, 1.54) is 23.9 Å². The number of nitrogen functional groups attached to an aromatic ring is 1. The summed E-state index contributed by atoms with van der Waals surface area (Å²) >= 11 is 0. The van der Waals surface area contributed by atoms with Gasteiger partial charge in [0.25, 0.3) is 5.56 Å². The van der Waals surface area contributed by atoms with Gasteiger partial charge >= 0.3 is 0 Å². The standard InChI is InChI=1S/C26H27N5O4S/c1-35-24-23(36(33,34)30-19-8-4-2-5-9-19)15-18(16-28-24)17-12-13-22-21(14-17)25(32)31(26(27)29-22)20-10-6-3-7-11-20/h3,6-7,10-16,19,30H,2,4-5,8-9H2,1H3,(H2,27,29). The molecular formula is C26H27N5O4S. The molecule has 9 nitrogen and oxygen atoms in total. The van der Waals surface area contributed by atoms with Crippen LogP contribution >= 0.6 is 0 Å². The molecule has 0 atom stereocenters. The molecule has 0 spiro atoms. The summed E-state index contributed by atoms with van der Waals surface area (Å²) < 4.78 is 36.0. The molecule has 0 amide bonds. The van der Waals surface area contributed by atoms with Gasteiger partial charge in [0.15, 0.2) is 0 Å². The van der Waals surface area contributed by atoms with Gasteiger partial charge in [-0.1, -0.05) is 43.5 Å². The predicted octanol–water partition coefficient (Wildman–Crippen LogP) is 3.65. The molecule has 2 heterocycles. The van der Waals surface area contributed by atoms with E-state index in [-0.39, 0.29) is 28.3 Å². The van der Waals surface area contributed by atoms with Crippen LogP contribution in [0.5, 0.6) is 5.88 Å². The van der Waals surface area contributed by atoms with Crippen molar-refractivity contribution in [3.05, 3.63) is 71.1 Å². The number of benzene rings is 2. The molecule has 0 bridgehead atoms. The van der Waals surface area contributed by atoms with E-state index >= 15 is 0 Å². The second-order valence-electron chi connectivity index (χ2n) is 8.87. The average Bonchev–Trinajstić information content (AvgIpc) is 2.89. The van der Waals surface area contributed by atoms with Crippen molar-refractivity contribution in [2.75, 3.05) is 12.8 Å². The number of pyridine rings is 1. The summed E-state index contributed by atoms with van der Waals surface area (Å²) in [4.78, 5) is 22.0. The van der Waals surface area contributed by atoms with Crippen LogP contribution in [0.4, 0.5) is 5.95 Å². The van der Waals surface area contributed by atoms with Gasteiger partial charge in [0.05, 0.1) is 23.7 Å². The first kappa shape index (κ1) is 24.0. The molecule has 2 aromatic carbocycles. The monoisotopic (exact) mass is 505 g/mol. The summed E-state index contributed by atoms with van der Waals surface area (Å²) in [5.74, 6) is 0.100. The Hall–Kier alpha value is -3.76. The number of nitrogens with one attached hydrogen (secondary N) is 1. The Labute approximate surface area is 209 Å². The molecule has 10 heteroatoms. The van der Waals surface area contributed by atoms with Gasteiger partial charge in [-0.15, -0.1) is 0 Å². The summed E-state index contributed by atoms with van der Waals surface area (Å²) in [6.07, 6.45) is 6.26. The highest BCUT2D eigenvalue weighted by Gasteiger charge is 2.26. The number of anilines is 1. The van der Waals surface area contributed by atoms with Gasteiger partial charge in [0.1, 0.15) is 4.90 Å². The summed E-state index contributed by atoms with van der Waals surface area (Å²) in [7, 11) is -2.48. The Balaban J connectivity index is 1.59. The minimum Gasteiger partial charge on any atom is -0.480 e. The first-order valence-electron chi connectivity index (χ1n) is 11.8. The Kier molecular flexibility index (Phi) is 6.46. The zero-order chi connectivity index (χ0) is 25.3. The predicted molar refractivity (Wildman–Crippen MR) is 139 cm³/mol. The van der Waals surface area contributed by atoms with Crippen molar-refractivity contribution in [2.24, 2.45) is 0 Å². The number of aromatic nitrogens is 3. The molecule has 4 aromatic rings. The van der Waals surface area contributed by atoms with Crippen LogP contribution in [0.25, 0.3) is 27.7 Å². The zero-order valence-electron chi connectivity index (χ0n) is 19.8. The topological polar surface area (TPSA) is 129 Å². The van der Waals surface area contributed by atoms with E-state index < -0.39 is 10.0 Å². The molecular weight excluding hydrogens is 478 g/mol. The van der Waals surface area contributed by atoms with E-state index in [1.54, 1.807) is 30.3 Å². The number of para-hydroxylation sites is 1. The number of sulfonamides is 1. The van der Waals surface area contributed by atoms with Crippen molar-refractivity contribution in [2.45, 2.75) is 43.0 Å². The molecule has 186 valence electrons. The van der Waals surface area contributed by atoms with Crippen LogP contribution in [-0.2, 0) is 10.0 Å². The van der Waals surface area contributed by atoms with Crippen molar-refractivity contribution in [3.63, 3.8) is 0 Å². The number of hydrogen-bond acceptors (Lipinski definition) is 7. The SMILES string of the molecule is COc1ncc(-c2ccc3nc(N)n(-c4ccccc4)c(=O)c3c2)cc1S(=O)(=O)NC1CCCCC1. The van der Waals surface area contributed by atoms with Gasteiger partial charge in [-0.25, -0.2) is 27.7 Å². The molecule has 2 aromatic heterocycles. The minimum absolute atomic E-state index is 0.0173. The fraction of sp³-hybridized carbons (Fsp3) is 0.269. The minimum atomic E-state index is -3.86. The number of methoxy groups -OCH3 is 1. The Bertz CT molecular complexity index is 1580. The average molecular weight is 506 g/mol. The van der Waals surface area contributed by atoms with Crippen molar-refractivity contribution >= 4 is 26.9 Å². The van der Waals surface area contributed by atoms with Crippen LogP contribution in [0.15, 0.2) is 70.5 Å². The summed E-state index contributed by atoms with van der Waals surface area (Å²) in [5.41, 5.74) is 7.98. The number of ether oxygens (including phenoxy) is 1. The van der Waals surface area contributed by atoms with Crippen LogP contribution in [-0.4, -0.2) is 36.1 Å². The van der Waals surface area contributed by atoms with Crippen LogP contribution < -0.4 is 20.8 Å². The molecule has 1 saturated carbocycles. The molecule has 1 aliphatic carbocycles. The number of nitrogens with zero attached hydrogens (tertiary/aromatic N) is 3.